The third kappa shape index (κ3) is 3.66. The van der Waals surface area contributed by atoms with Gasteiger partial charge >= 0.3 is 0 Å². The Bertz CT molecular complexity index is 447. The summed E-state index contributed by atoms with van der Waals surface area (Å²) in [5.41, 5.74) is 8.35. The number of nitrogens with zero attached hydrogens (tertiary/aromatic N) is 2. The van der Waals surface area contributed by atoms with Gasteiger partial charge < -0.3 is 15.5 Å². The molecule has 3 nitrogen and oxygen atoms in total. The van der Waals surface area contributed by atoms with E-state index >= 15 is 0 Å². The summed E-state index contributed by atoms with van der Waals surface area (Å²) >= 11 is 6.37. The summed E-state index contributed by atoms with van der Waals surface area (Å²) in [5, 5.41) is 0.825. The van der Waals surface area contributed by atoms with Crippen molar-refractivity contribution in [1.82, 2.24) is 4.90 Å². The van der Waals surface area contributed by atoms with Crippen LogP contribution in [0.25, 0.3) is 0 Å². The van der Waals surface area contributed by atoms with E-state index in [0.29, 0.717) is 6.04 Å². The Kier molecular flexibility index (Phi) is 5.30. The lowest BCUT2D eigenvalue weighted by Crippen LogP contribution is -2.37. The van der Waals surface area contributed by atoms with Gasteiger partial charge in [-0.15, -0.1) is 0 Å². The molecule has 0 radical (unpaired) electrons. The Labute approximate surface area is 127 Å². The summed E-state index contributed by atoms with van der Waals surface area (Å²) in [7, 11) is 4.37. The number of hydrogen-bond acceptors (Lipinski definition) is 3. The van der Waals surface area contributed by atoms with Crippen molar-refractivity contribution in [2.24, 2.45) is 5.73 Å². The summed E-state index contributed by atoms with van der Waals surface area (Å²) in [6.45, 7) is 4.28. The average molecular weight is 296 g/mol. The van der Waals surface area contributed by atoms with Gasteiger partial charge in [0.25, 0.3) is 0 Å². The molecule has 1 fully saturated rings. The lowest BCUT2D eigenvalue weighted by Gasteiger charge is -2.29. The minimum Gasteiger partial charge on any atom is -0.373 e. The van der Waals surface area contributed by atoms with E-state index in [1.54, 1.807) is 0 Å². The van der Waals surface area contributed by atoms with E-state index in [1.807, 2.05) is 19.1 Å². The van der Waals surface area contributed by atoms with Crippen molar-refractivity contribution in [1.29, 1.82) is 0 Å². The number of likely N-dealkylation sites (N-methyl/N-ethyl adjacent to an activating group) is 2. The van der Waals surface area contributed by atoms with Crippen LogP contribution >= 0.6 is 11.6 Å². The second-order valence-electron chi connectivity index (χ2n) is 6.08. The molecule has 0 aromatic heterocycles. The molecule has 1 saturated heterocycles. The quantitative estimate of drug-likeness (QED) is 0.906. The molecule has 1 heterocycles. The van der Waals surface area contributed by atoms with E-state index in [9.17, 15) is 0 Å². The standard InChI is InChI=1S/C16H26ClN3/c1-12(18)10-14-15(17)7-4-8-16(14)20(3)11-13-6-5-9-19(13)2/h4,7-8,12-13H,5-6,9-11,18H2,1-3H3. The van der Waals surface area contributed by atoms with Crippen LogP contribution in [0.5, 0.6) is 0 Å². The Balaban J connectivity index is 2.16. The minimum atomic E-state index is 0.121. The lowest BCUT2D eigenvalue weighted by molar-refractivity contribution is 0.314. The van der Waals surface area contributed by atoms with Crippen molar-refractivity contribution < 1.29 is 0 Å². The van der Waals surface area contributed by atoms with E-state index in [1.165, 1.54) is 30.6 Å². The molecule has 2 atom stereocenters. The van der Waals surface area contributed by atoms with Gasteiger partial charge in [-0.2, -0.15) is 0 Å². The number of halogens is 1. The molecular formula is C16H26ClN3. The van der Waals surface area contributed by atoms with Gasteiger partial charge in [-0.25, -0.2) is 0 Å². The van der Waals surface area contributed by atoms with E-state index in [4.69, 9.17) is 17.3 Å². The smallest absolute Gasteiger partial charge is 0.0459 e. The van der Waals surface area contributed by atoms with Gasteiger partial charge in [-0.1, -0.05) is 17.7 Å². The van der Waals surface area contributed by atoms with Gasteiger partial charge in [-0.05, 0) is 57.5 Å². The molecule has 112 valence electrons. The largest absolute Gasteiger partial charge is 0.373 e. The minimum absolute atomic E-state index is 0.121. The topological polar surface area (TPSA) is 32.5 Å². The molecule has 0 saturated carbocycles. The normalized spacial score (nSPS) is 21.1. The molecule has 0 spiro atoms. The Morgan fingerprint density at radius 3 is 2.85 bits per heavy atom. The molecule has 4 heteroatoms. The highest BCUT2D eigenvalue weighted by Gasteiger charge is 2.23. The first kappa shape index (κ1) is 15.6. The molecule has 2 N–H and O–H groups in total. The van der Waals surface area contributed by atoms with Crippen LogP contribution in [0.1, 0.15) is 25.3 Å². The molecule has 0 amide bonds. The van der Waals surface area contributed by atoms with E-state index in [-0.39, 0.29) is 6.04 Å². The Hall–Kier alpha value is -0.770. The summed E-state index contributed by atoms with van der Waals surface area (Å²) in [5.74, 6) is 0. The fraction of sp³-hybridized carbons (Fsp3) is 0.625. The van der Waals surface area contributed by atoms with Gasteiger partial charge in [-0.3, -0.25) is 0 Å². The molecule has 2 rings (SSSR count). The maximum Gasteiger partial charge on any atom is 0.0459 e. The molecule has 1 aromatic rings. The maximum absolute atomic E-state index is 6.37. The predicted octanol–water partition coefficient (Wildman–Crippen LogP) is 2.76. The number of hydrogen-bond donors (Lipinski definition) is 1. The molecule has 2 unspecified atom stereocenters. The highest BCUT2D eigenvalue weighted by molar-refractivity contribution is 6.31. The fourth-order valence-corrected chi connectivity index (χ4v) is 3.30. The molecule has 1 aromatic carbocycles. The molecule has 0 aliphatic carbocycles. The van der Waals surface area contributed by atoms with Gasteiger partial charge in [0.1, 0.15) is 0 Å². The second kappa shape index (κ2) is 6.79. The maximum atomic E-state index is 6.37. The third-order valence-corrected chi connectivity index (χ3v) is 4.54. The number of rotatable bonds is 5. The Morgan fingerprint density at radius 2 is 2.25 bits per heavy atom. The Morgan fingerprint density at radius 1 is 1.50 bits per heavy atom. The number of likely N-dealkylation sites (tertiary alicyclic amines) is 1. The summed E-state index contributed by atoms with van der Waals surface area (Å²) in [6, 6.07) is 6.90. The van der Waals surface area contributed by atoms with Gasteiger partial charge in [0.15, 0.2) is 0 Å². The first-order valence-corrected chi connectivity index (χ1v) is 7.81. The highest BCUT2D eigenvalue weighted by atomic mass is 35.5. The number of nitrogens with two attached hydrogens (primary N) is 1. The fourth-order valence-electron chi connectivity index (χ4n) is 3.05. The highest BCUT2D eigenvalue weighted by Crippen LogP contribution is 2.29. The van der Waals surface area contributed by atoms with Crippen molar-refractivity contribution in [3.63, 3.8) is 0 Å². The van der Waals surface area contributed by atoms with Crippen LogP contribution in [0.2, 0.25) is 5.02 Å². The number of anilines is 1. The SMILES string of the molecule is CC(N)Cc1c(Cl)cccc1N(C)CC1CCCN1C. The van der Waals surface area contributed by atoms with Crippen LogP contribution in [0.3, 0.4) is 0 Å². The van der Waals surface area contributed by atoms with Crippen LogP contribution in [0.15, 0.2) is 18.2 Å². The van der Waals surface area contributed by atoms with E-state index < -0.39 is 0 Å². The molecule has 20 heavy (non-hydrogen) atoms. The zero-order valence-electron chi connectivity index (χ0n) is 12.8. The summed E-state index contributed by atoms with van der Waals surface area (Å²) < 4.78 is 0. The summed E-state index contributed by atoms with van der Waals surface area (Å²) in [6.07, 6.45) is 3.40. The van der Waals surface area contributed by atoms with Crippen LogP contribution in [-0.2, 0) is 6.42 Å². The van der Waals surface area contributed by atoms with E-state index in [2.05, 4.69) is 30.0 Å². The third-order valence-electron chi connectivity index (χ3n) is 4.19. The summed E-state index contributed by atoms with van der Waals surface area (Å²) in [4.78, 5) is 4.78. The molecule has 1 aliphatic heterocycles. The van der Waals surface area contributed by atoms with Gasteiger partial charge in [0, 0.05) is 36.4 Å². The van der Waals surface area contributed by atoms with Crippen molar-refractivity contribution in [3.05, 3.63) is 28.8 Å². The molecule has 1 aliphatic rings. The monoisotopic (exact) mass is 295 g/mol. The van der Waals surface area contributed by atoms with Crippen molar-refractivity contribution >= 4 is 17.3 Å². The molecule has 0 bridgehead atoms. The van der Waals surface area contributed by atoms with Crippen molar-refractivity contribution in [2.45, 2.75) is 38.3 Å². The van der Waals surface area contributed by atoms with E-state index in [0.717, 1.165) is 18.0 Å². The van der Waals surface area contributed by atoms with Gasteiger partial charge in [0.2, 0.25) is 0 Å². The average Bonchev–Trinajstić information content (AvgIpc) is 2.77. The lowest BCUT2D eigenvalue weighted by atomic mass is 10.0. The first-order valence-electron chi connectivity index (χ1n) is 7.43. The van der Waals surface area contributed by atoms with Crippen LogP contribution in [0, 0.1) is 0 Å². The zero-order valence-corrected chi connectivity index (χ0v) is 13.5. The number of benzene rings is 1. The predicted molar refractivity (Wildman–Crippen MR) is 87.7 cm³/mol. The second-order valence-corrected chi connectivity index (χ2v) is 6.48. The first-order chi connectivity index (χ1) is 9.49. The van der Waals surface area contributed by atoms with Crippen molar-refractivity contribution in [2.75, 3.05) is 32.1 Å². The zero-order chi connectivity index (χ0) is 14.7. The van der Waals surface area contributed by atoms with Crippen LogP contribution in [0.4, 0.5) is 5.69 Å². The van der Waals surface area contributed by atoms with Crippen LogP contribution in [-0.4, -0.2) is 44.2 Å². The molecular weight excluding hydrogens is 270 g/mol. The van der Waals surface area contributed by atoms with Gasteiger partial charge in [0.05, 0.1) is 0 Å². The van der Waals surface area contributed by atoms with Crippen LogP contribution < -0.4 is 10.6 Å². The van der Waals surface area contributed by atoms with Crippen molar-refractivity contribution in [3.8, 4) is 0 Å².